The maximum absolute atomic E-state index is 5.57. The first-order chi connectivity index (χ1) is 30.2. The van der Waals surface area contributed by atoms with Gasteiger partial charge in [0.2, 0.25) is 0 Å². The molecule has 0 aromatic heterocycles. The highest BCUT2D eigenvalue weighted by atomic mass is 15.1. The zero-order valence-electron chi connectivity index (χ0n) is 33.5. The molecule has 0 bridgehead atoms. The van der Waals surface area contributed by atoms with Gasteiger partial charge in [-0.3, -0.25) is 4.99 Å². The van der Waals surface area contributed by atoms with Crippen LogP contribution in [0.25, 0.3) is 60.3 Å². The third-order valence-corrected chi connectivity index (χ3v) is 12.9. The number of hydrogen-bond donors (Lipinski definition) is 1. The Morgan fingerprint density at radius 3 is 1.62 bits per heavy atom. The summed E-state index contributed by atoms with van der Waals surface area (Å²) < 4.78 is 0. The van der Waals surface area contributed by atoms with Crippen LogP contribution in [0.3, 0.4) is 0 Å². The van der Waals surface area contributed by atoms with Gasteiger partial charge in [-0.15, -0.1) is 0 Å². The summed E-state index contributed by atoms with van der Waals surface area (Å²) in [6, 6.07) is 82.2. The van der Waals surface area contributed by atoms with Gasteiger partial charge < -0.3 is 5.32 Å². The third-order valence-electron chi connectivity index (χ3n) is 12.9. The van der Waals surface area contributed by atoms with Crippen molar-refractivity contribution in [1.82, 2.24) is 5.32 Å². The van der Waals surface area contributed by atoms with E-state index in [0.29, 0.717) is 0 Å². The normalized spacial score (nSPS) is 15.2. The van der Waals surface area contributed by atoms with Gasteiger partial charge in [-0.25, -0.2) is 0 Å². The van der Waals surface area contributed by atoms with E-state index in [0.717, 1.165) is 28.1 Å². The Hall–Kier alpha value is -7.81. The van der Waals surface area contributed by atoms with E-state index in [-0.39, 0.29) is 6.17 Å². The number of nitrogens with one attached hydrogen (secondary N) is 1. The molecule has 1 N–H and O–H groups in total. The summed E-state index contributed by atoms with van der Waals surface area (Å²) in [4.78, 5) is 5.57. The van der Waals surface area contributed by atoms with Crippen molar-refractivity contribution < 1.29 is 0 Å². The Balaban J connectivity index is 1.12. The van der Waals surface area contributed by atoms with Gasteiger partial charge >= 0.3 is 0 Å². The topological polar surface area (TPSA) is 24.4 Å². The molecular formula is C59H40N2. The molecule has 2 nitrogen and oxygen atoms in total. The maximum Gasteiger partial charge on any atom is 0.145 e. The number of fused-ring (bicyclic) bond motifs is 6. The Morgan fingerprint density at radius 2 is 0.951 bits per heavy atom. The van der Waals surface area contributed by atoms with Gasteiger partial charge in [-0.1, -0.05) is 200 Å². The molecule has 1 aliphatic carbocycles. The summed E-state index contributed by atoms with van der Waals surface area (Å²) in [7, 11) is 0. The minimum atomic E-state index is -0.604. The monoisotopic (exact) mass is 776 g/mol. The Morgan fingerprint density at radius 1 is 0.393 bits per heavy atom. The molecule has 0 fully saturated rings. The Bertz CT molecular complexity index is 3340. The molecule has 0 radical (unpaired) electrons. The van der Waals surface area contributed by atoms with Crippen LogP contribution in [0.4, 0.5) is 0 Å². The highest BCUT2D eigenvalue weighted by Gasteiger charge is 2.48. The number of allylic oxidation sites excluding steroid dienone is 1. The van der Waals surface area contributed by atoms with Crippen LogP contribution < -0.4 is 5.32 Å². The molecule has 61 heavy (non-hydrogen) atoms. The molecule has 0 spiro atoms. The zero-order valence-corrected chi connectivity index (χ0v) is 33.5. The molecular weight excluding hydrogens is 737 g/mol. The quantitative estimate of drug-likeness (QED) is 0.179. The van der Waals surface area contributed by atoms with E-state index >= 15 is 0 Å². The lowest BCUT2D eigenvalue weighted by molar-refractivity contribution is 0.660. The smallest absolute Gasteiger partial charge is 0.145 e. The molecule has 1 heterocycles. The van der Waals surface area contributed by atoms with Gasteiger partial charge in [-0.2, -0.15) is 0 Å². The van der Waals surface area contributed by atoms with Crippen LogP contribution >= 0.6 is 0 Å². The van der Waals surface area contributed by atoms with Gasteiger partial charge in [0.15, 0.2) is 0 Å². The minimum absolute atomic E-state index is 0.348. The second kappa shape index (κ2) is 14.2. The summed E-state index contributed by atoms with van der Waals surface area (Å²) in [6.07, 6.45) is 1.88. The fourth-order valence-electron chi connectivity index (χ4n) is 10.1. The first-order valence-electron chi connectivity index (χ1n) is 21.1. The van der Waals surface area contributed by atoms with Crippen LogP contribution in [0.1, 0.15) is 45.1 Å². The summed E-state index contributed by atoms with van der Waals surface area (Å²) in [5.74, 6) is 0. The van der Waals surface area contributed by atoms with E-state index in [1.165, 1.54) is 76.8 Å². The summed E-state index contributed by atoms with van der Waals surface area (Å²) in [5.41, 5.74) is 14.8. The van der Waals surface area contributed by atoms with Gasteiger partial charge in [0.25, 0.3) is 0 Å². The van der Waals surface area contributed by atoms with Crippen molar-refractivity contribution in [2.24, 2.45) is 4.99 Å². The molecule has 1 aliphatic heterocycles. The average molecular weight is 777 g/mol. The summed E-state index contributed by atoms with van der Waals surface area (Å²) >= 11 is 0. The molecule has 10 aromatic rings. The lowest BCUT2D eigenvalue weighted by Crippen LogP contribution is -2.29. The molecule has 1 atom stereocenters. The number of benzene rings is 10. The zero-order chi connectivity index (χ0) is 40.3. The maximum atomic E-state index is 5.57. The van der Waals surface area contributed by atoms with Gasteiger partial charge in [0, 0.05) is 11.3 Å². The lowest BCUT2D eigenvalue weighted by Gasteiger charge is -2.35. The summed E-state index contributed by atoms with van der Waals surface area (Å²) in [5, 5.41) is 11.3. The van der Waals surface area contributed by atoms with Crippen molar-refractivity contribution in [3.63, 3.8) is 0 Å². The predicted molar refractivity (Wildman–Crippen MR) is 255 cm³/mol. The standard InChI is InChI=1S/C59H40N2/c1-4-18-41(19-5-1)56-50-27-15-14-22-44(50)36-53-57(56)51-33-32-47(37-52(51)59(53,48-23-6-2-7-24-48)49-25-8-3-9-26-49)58-60-54(45-30-28-39-16-10-12-20-42(39)34-45)38-55(61-58)46-31-29-40-17-11-13-21-43(40)35-46/h1-38,58,60H. The second-order valence-electron chi connectivity index (χ2n) is 16.3. The lowest BCUT2D eigenvalue weighted by atomic mass is 9.67. The predicted octanol–water partition coefficient (Wildman–Crippen LogP) is 14.3. The number of nitrogens with zero attached hydrogens (tertiary/aromatic N) is 1. The SMILES string of the molecule is C1=C(c2ccc3ccccc3c2)NC(c2ccc3c(c2)C(c2ccccc2)(c2ccccc2)c2cc4ccccc4c(-c4ccccc4)c2-3)N=C1c1ccc2ccccc2c1. The van der Waals surface area contributed by atoms with Crippen molar-refractivity contribution in [2.75, 3.05) is 0 Å². The highest BCUT2D eigenvalue weighted by molar-refractivity contribution is 6.15. The van der Waals surface area contributed by atoms with Crippen molar-refractivity contribution in [1.29, 1.82) is 0 Å². The van der Waals surface area contributed by atoms with Crippen LogP contribution in [-0.4, -0.2) is 5.71 Å². The Kier molecular flexibility index (Phi) is 8.18. The van der Waals surface area contributed by atoms with E-state index in [2.05, 4.69) is 236 Å². The van der Waals surface area contributed by atoms with Gasteiger partial charge in [-0.05, 0) is 118 Å². The molecule has 0 saturated carbocycles. The van der Waals surface area contributed by atoms with Crippen LogP contribution in [0.5, 0.6) is 0 Å². The van der Waals surface area contributed by atoms with E-state index in [4.69, 9.17) is 4.99 Å². The number of hydrogen-bond acceptors (Lipinski definition) is 2. The molecule has 2 aliphatic rings. The molecule has 1 unspecified atom stereocenters. The first kappa shape index (κ1) is 35.2. The van der Waals surface area contributed by atoms with Crippen molar-refractivity contribution in [2.45, 2.75) is 11.6 Å². The van der Waals surface area contributed by atoms with Crippen LogP contribution in [0, 0.1) is 0 Å². The van der Waals surface area contributed by atoms with Crippen LogP contribution in [-0.2, 0) is 5.41 Å². The molecule has 10 aromatic carbocycles. The van der Waals surface area contributed by atoms with Crippen LogP contribution in [0.2, 0.25) is 0 Å². The largest absolute Gasteiger partial charge is 0.360 e. The van der Waals surface area contributed by atoms with E-state index < -0.39 is 5.41 Å². The van der Waals surface area contributed by atoms with Gasteiger partial charge in [0.1, 0.15) is 6.17 Å². The average Bonchev–Trinajstić information content (AvgIpc) is 3.63. The molecule has 12 rings (SSSR count). The number of rotatable bonds is 6. The van der Waals surface area contributed by atoms with E-state index in [9.17, 15) is 0 Å². The minimum Gasteiger partial charge on any atom is -0.360 e. The van der Waals surface area contributed by atoms with E-state index in [1.54, 1.807) is 0 Å². The van der Waals surface area contributed by atoms with Crippen molar-refractivity contribution in [3.05, 3.63) is 269 Å². The first-order valence-corrected chi connectivity index (χ1v) is 21.1. The third kappa shape index (κ3) is 5.68. The Labute approximate surface area is 355 Å². The second-order valence-corrected chi connectivity index (χ2v) is 16.3. The van der Waals surface area contributed by atoms with Crippen molar-refractivity contribution in [3.8, 4) is 22.3 Å². The number of aliphatic imine (C=N–C) groups is 1. The fraction of sp³-hybridized carbons (Fsp3) is 0.0339. The van der Waals surface area contributed by atoms with Crippen molar-refractivity contribution >= 4 is 43.7 Å². The highest BCUT2D eigenvalue weighted by Crippen LogP contribution is 2.60. The molecule has 286 valence electrons. The molecule has 2 heteroatoms. The molecule has 0 saturated heterocycles. The fourth-order valence-corrected chi connectivity index (χ4v) is 10.1. The van der Waals surface area contributed by atoms with Gasteiger partial charge in [0.05, 0.1) is 11.1 Å². The molecule has 0 amide bonds. The summed E-state index contributed by atoms with van der Waals surface area (Å²) in [6.45, 7) is 0. The van der Waals surface area contributed by atoms with Crippen LogP contribution in [0.15, 0.2) is 236 Å². The van der Waals surface area contributed by atoms with E-state index in [1.807, 2.05) is 0 Å².